The van der Waals surface area contributed by atoms with Crippen LogP contribution in [0.2, 0.25) is 0 Å². The Morgan fingerprint density at radius 3 is 1.42 bits per heavy atom. The molecular formula is C8H20N2O2. The van der Waals surface area contributed by atoms with Crippen LogP contribution in [0.25, 0.3) is 0 Å². The van der Waals surface area contributed by atoms with Crippen molar-refractivity contribution in [3.63, 3.8) is 0 Å². The molecule has 4 nitrogen and oxygen atoms in total. The number of nitrogens with zero attached hydrogens (tertiary/aromatic N) is 1. The third kappa shape index (κ3) is 62.1. The molecule has 4 heteroatoms. The zero-order chi connectivity index (χ0) is 10.6. The molecule has 0 bridgehead atoms. The first-order valence-electron chi connectivity index (χ1n) is 3.64. The van der Waals surface area contributed by atoms with E-state index in [1.165, 1.54) is 18.7 Å². The Morgan fingerprint density at radius 1 is 1.33 bits per heavy atom. The zero-order valence-corrected chi connectivity index (χ0v) is 8.84. The number of nitrogens with one attached hydrogen (secondary N) is 1. The highest BCUT2D eigenvalue weighted by Gasteiger charge is 1.87. The fourth-order valence-corrected chi connectivity index (χ4v) is 0. The molecule has 0 spiro atoms. The Labute approximate surface area is 74.9 Å². The minimum atomic E-state index is 0.0926. The van der Waals surface area contributed by atoms with Crippen molar-refractivity contribution >= 4 is 12.2 Å². The number of amides is 1. The minimum Gasteiger partial charge on any atom is -0.349 e. The lowest BCUT2D eigenvalue weighted by Gasteiger charge is -2.02. The van der Waals surface area contributed by atoms with Gasteiger partial charge in [-0.25, -0.2) is 0 Å². The van der Waals surface area contributed by atoms with Crippen molar-refractivity contribution in [2.45, 2.75) is 13.8 Å². The Kier molecular flexibility index (Phi) is 23.9. The summed E-state index contributed by atoms with van der Waals surface area (Å²) >= 11 is 0. The van der Waals surface area contributed by atoms with E-state index in [9.17, 15) is 4.79 Å². The number of hydrogen-bond donors (Lipinski definition) is 1. The van der Waals surface area contributed by atoms with Crippen LogP contribution in [0.5, 0.6) is 0 Å². The largest absolute Gasteiger partial charge is 0.349 e. The lowest BCUT2D eigenvalue weighted by molar-refractivity contribution is -0.126. The van der Waals surface area contributed by atoms with E-state index in [0.29, 0.717) is 0 Å². The van der Waals surface area contributed by atoms with Gasteiger partial charge in [-0.2, -0.15) is 0 Å². The van der Waals surface area contributed by atoms with Gasteiger partial charge < -0.3 is 15.0 Å². The Balaban J connectivity index is -0.000000115. The molecule has 0 heterocycles. The predicted octanol–water partition coefficient (Wildman–Crippen LogP) is 0.135. The van der Waals surface area contributed by atoms with Crippen molar-refractivity contribution in [2.75, 3.05) is 28.2 Å². The molecule has 0 aromatic rings. The Hall–Kier alpha value is -0.900. The van der Waals surface area contributed by atoms with Crippen molar-refractivity contribution in [3.8, 4) is 0 Å². The number of rotatable bonds is 0. The number of hydrogen-bond acceptors (Lipinski definition) is 3. The molecule has 0 fully saturated rings. The lowest BCUT2D eigenvalue weighted by Crippen LogP contribution is -2.17. The first-order chi connectivity index (χ1) is 5.47. The molecule has 0 atom stereocenters. The summed E-state index contributed by atoms with van der Waals surface area (Å²) in [4.78, 5) is 20.4. The van der Waals surface area contributed by atoms with Gasteiger partial charge in [-0.1, -0.05) is 0 Å². The summed E-state index contributed by atoms with van der Waals surface area (Å²) in [6.45, 7) is 2.97. The monoisotopic (exact) mass is 176 g/mol. The standard InChI is InChI=1S/C4H9NO.C2H7N.C2H4O/c1-4(6)5(2)3;1-3-2;1-2-3/h1-3H3;3H,1-2H3;2H,1H3. The maximum Gasteiger partial charge on any atom is 0.218 e. The average molecular weight is 176 g/mol. The number of aldehydes is 1. The van der Waals surface area contributed by atoms with Gasteiger partial charge in [0.25, 0.3) is 0 Å². The van der Waals surface area contributed by atoms with E-state index in [1.54, 1.807) is 14.1 Å². The molecule has 0 radical (unpaired) electrons. The van der Waals surface area contributed by atoms with Gasteiger partial charge in [0.15, 0.2) is 0 Å². The van der Waals surface area contributed by atoms with Crippen LogP contribution in [-0.2, 0) is 9.59 Å². The molecule has 12 heavy (non-hydrogen) atoms. The highest BCUT2D eigenvalue weighted by molar-refractivity contribution is 5.72. The van der Waals surface area contributed by atoms with Crippen LogP contribution in [0.1, 0.15) is 13.8 Å². The highest BCUT2D eigenvalue weighted by Crippen LogP contribution is 1.69. The molecule has 1 amide bonds. The van der Waals surface area contributed by atoms with Gasteiger partial charge >= 0.3 is 0 Å². The van der Waals surface area contributed by atoms with Crippen LogP contribution in [0.4, 0.5) is 0 Å². The van der Waals surface area contributed by atoms with Crippen molar-refractivity contribution in [1.29, 1.82) is 0 Å². The second kappa shape index (κ2) is 16.6. The van der Waals surface area contributed by atoms with Crippen molar-refractivity contribution in [1.82, 2.24) is 10.2 Å². The Morgan fingerprint density at radius 2 is 1.42 bits per heavy atom. The molecule has 0 saturated carbocycles. The van der Waals surface area contributed by atoms with Gasteiger partial charge in [0.05, 0.1) is 0 Å². The van der Waals surface area contributed by atoms with Gasteiger partial charge in [-0.15, -0.1) is 0 Å². The van der Waals surface area contributed by atoms with Crippen LogP contribution in [0.15, 0.2) is 0 Å². The smallest absolute Gasteiger partial charge is 0.218 e. The molecule has 0 aromatic carbocycles. The van der Waals surface area contributed by atoms with Gasteiger partial charge in [0.2, 0.25) is 5.91 Å². The summed E-state index contributed by atoms with van der Waals surface area (Å²) in [6, 6.07) is 0. The molecule has 0 unspecified atom stereocenters. The van der Waals surface area contributed by atoms with E-state index in [1.807, 2.05) is 14.1 Å². The normalized spacial score (nSPS) is 6.50. The van der Waals surface area contributed by atoms with E-state index in [2.05, 4.69) is 5.32 Å². The third-order valence-corrected chi connectivity index (χ3v) is 0.630. The zero-order valence-electron chi connectivity index (χ0n) is 8.84. The summed E-state index contributed by atoms with van der Waals surface area (Å²) in [5.41, 5.74) is 0. The van der Waals surface area contributed by atoms with Crippen LogP contribution in [-0.4, -0.2) is 45.3 Å². The highest BCUT2D eigenvalue weighted by atomic mass is 16.2. The third-order valence-electron chi connectivity index (χ3n) is 0.630. The molecular weight excluding hydrogens is 156 g/mol. The molecule has 0 aliphatic carbocycles. The maximum atomic E-state index is 10.1. The second-order valence-electron chi connectivity index (χ2n) is 2.15. The molecule has 0 aliphatic heterocycles. The van der Waals surface area contributed by atoms with E-state index in [0.717, 1.165) is 6.29 Å². The summed E-state index contributed by atoms with van der Waals surface area (Å²) < 4.78 is 0. The van der Waals surface area contributed by atoms with Crippen LogP contribution < -0.4 is 5.32 Å². The first kappa shape index (κ1) is 17.3. The van der Waals surface area contributed by atoms with E-state index >= 15 is 0 Å². The van der Waals surface area contributed by atoms with Crippen molar-refractivity contribution in [3.05, 3.63) is 0 Å². The van der Waals surface area contributed by atoms with Crippen molar-refractivity contribution in [2.24, 2.45) is 0 Å². The fourth-order valence-electron chi connectivity index (χ4n) is 0. The van der Waals surface area contributed by atoms with Gasteiger partial charge in [0, 0.05) is 21.0 Å². The van der Waals surface area contributed by atoms with E-state index < -0.39 is 0 Å². The van der Waals surface area contributed by atoms with Gasteiger partial charge in [-0.05, 0) is 21.0 Å². The topological polar surface area (TPSA) is 49.4 Å². The molecule has 74 valence electrons. The van der Waals surface area contributed by atoms with Crippen LogP contribution in [0, 0.1) is 0 Å². The summed E-state index contributed by atoms with van der Waals surface area (Å²) in [5, 5.41) is 2.75. The SMILES string of the molecule is CC(=O)N(C)C.CC=O.CNC. The number of carbonyl (C=O) groups is 2. The summed E-state index contributed by atoms with van der Waals surface area (Å²) in [6.07, 6.45) is 0.750. The quantitative estimate of drug-likeness (QED) is 0.534. The molecule has 1 N–H and O–H groups in total. The lowest BCUT2D eigenvalue weighted by atomic mass is 10.7. The second-order valence-corrected chi connectivity index (χ2v) is 2.15. The molecule has 0 aliphatic rings. The summed E-state index contributed by atoms with van der Waals surface area (Å²) in [7, 11) is 7.20. The van der Waals surface area contributed by atoms with Crippen molar-refractivity contribution < 1.29 is 9.59 Å². The van der Waals surface area contributed by atoms with E-state index in [-0.39, 0.29) is 5.91 Å². The Bertz CT molecular complexity index is 103. The molecule has 0 rings (SSSR count). The van der Waals surface area contributed by atoms with Gasteiger partial charge in [-0.3, -0.25) is 4.79 Å². The predicted molar refractivity (Wildman–Crippen MR) is 51.1 cm³/mol. The van der Waals surface area contributed by atoms with Gasteiger partial charge in [0.1, 0.15) is 6.29 Å². The molecule has 0 saturated heterocycles. The fraction of sp³-hybridized carbons (Fsp3) is 0.750. The van der Waals surface area contributed by atoms with Crippen LogP contribution >= 0.6 is 0 Å². The maximum absolute atomic E-state index is 10.1. The average Bonchev–Trinajstić information content (AvgIpc) is 1.90. The van der Waals surface area contributed by atoms with E-state index in [4.69, 9.17) is 4.79 Å². The number of carbonyl (C=O) groups excluding carboxylic acids is 2. The first-order valence-corrected chi connectivity index (χ1v) is 3.64. The van der Waals surface area contributed by atoms with Crippen LogP contribution in [0.3, 0.4) is 0 Å². The molecule has 0 aromatic heterocycles. The minimum absolute atomic E-state index is 0.0926. The summed E-state index contributed by atoms with van der Waals surface area (Å²) in [5.74, 6) is 0.0926.